The van der Waals surface area contributed by atoms with Gasteiger partial charge in [-0.15, -0.1) is 6.58 Å². The van der Waals surface area contributed by atoms with E-state index in [4.69, 9.17) is 5.26 Å². The van der Waals surface area contributed by atoms with Gasteiger partial charge in [0.1, 0.15) is 0 Å². The molecule has 0 radical (unpaired) electrons. The van der Waals surface area contributed by atoms with Crippen LogP contribution in [-0.4, -0.2) is 31.6 Å². The third-order valence-corrected chi connectivity index (χ3v) is 4.40. The highest BCUT2D eigenvalue weighted by atomic mass is 32.2. The SMILES string of the molecule is C=CCCCN(C)S(=O)(=O)C(C#N)CC. The minimum atomic E-state index is -3.44. The molecule has 0 aliphatic heterocycles. The summed E-state index contributed by atoms with van der Waals surface area (Å²) in [4.78, 5) is 0. The summed E-state index contributed by atoms with van der Waals surface area (Å²) in [5.74, 6) is 0. The molecule has 86 valence electrons. The van der Waals surface area contributed by atoms with E-state index >= 15 is 0 Å². The van der Waals surface area contributed by atoms with Crippen LogP contribution in [0, 0.1) is 11.3 Å². The zero-order valence-corrected chi connectivity index (χ0v) is 10.1. The fourth-order valence-corrected chi connectivity index (χ4v) is 2.54. The van der Waals surface area contributed by atoms with E-state index in [0.717, 1.165) is 12.8 Å². The van der Waals surface area contributed by atoms with Gasteiger partial charge in [0.25, 0.3) is 0 Å². The first-order chi connectivity index (χ1) is 7.00. The van der Waals surface area contributed by atoms with E-state index in [1.165, 1.54) is 11.4 Å². The Bertz CT molecular complexity index is 330. The molecule has 0 aliphatic rings. The molecule has 0 amide bonds. The predicted molar refractivity (Wildman–Crippen MR) is 60.7 cm³/mol. The first-order valence-electron chi connectivity index (χ1n) is 4.96. The van der Waals surface area contributed by atoms with Gasteiger partial charge in [0.2, 0.25) is 10.0 Å². The number of nitrogens with zero attached hydrogens (tertiary/aromatic N) is 2. The third-order valence-electron chi connectivity index (χ3n) is 2.19. The van der Waals surface area contributed by atoms with Gasteiger partial charge in [0.05, 0.1) is 6.07 Å². The summed E-state index contributed by atoms with van der Waals surface area (Å²) in [6, 6.07) is 1.81. The first kappa shape index (κ1) is 14.1. The van der Waals surface area contributed by atoms with E-state index in [0.29, 0.717) is 13.0 Å². The lowest BCUT2D eigenvalue weighted by Gasteiger charge is -2.19. The Kier molecular flexibility index (Phi) is 6.21. The third kappa shape index (κ3) is 4.02. The number of hydrogen-bond acceptors (Lipinski definition) is 3. The summed E-state index contributed by atoms with van der Waals surface area (Å²) < 4.78 is 24.8. The zero-order chi connectivity index (χ0) is 11.9. The molecule has 1 atom stereocenters. The van der Waals surface area contributed by atoms with Crippen LogP contribution in [0.5, 0.6) is 0 Å². The largest absolute Gasteiger partial charge is 0.230 e. The van der Waals surface area contributed by atoms with E-state index in [9.17, 15) is 8.42 Å². The first-order valence-corrected chi connectivity index (χ1v) is 6.46. The molecule has 0 aromatic heterocycles. The van der Waals surface area contributed by atoms with Gasteiger partial charge in [-0.05, 0) is 19.3 Å². The Balaban J connectivity index is 4.45. The Morgan fingerprint density at radius 1 is 1.60 bits per heavy atom. The number of rotatable bonds is 7. The molecule has 4 nitrogen and oxygen atoms in total. The molecule has 1 unspecified atom stereocenters. The molecular weight excluding hydrogens is 212 g/mol. The van der Waals surface area contributed by atoms with Crippen molar-refractivity contribution in [3.63, 3.8) is 0 Å². The van der Waals surface area contributed by atoms with Crippen molar-refractivity contribution in [3.05, 3.63) is 12.7 Å². The molecule has 0 N–H and O–H groups in total. The van der Waals surface area contributed by atoms with E-state index < -0.39 is 15.3 Å². The predicted octanol–water partition coefficient (Wildman–Crippen LogP) is 1.52. The van der Waals surface area contributed by atoms with Crippen LogP contribution in [0.1, 0.15) is 26.2 Å². The minimum absolute atomic E-state index is 0.324. The zero-order valence-electron chi connectivity index (χ0n) is 9.31. The van der Waals surface area contributed by atoms with Gasteiger partial charge in [-0.2, -0.15) is 5.26 Å². The topological polar surface area (TPSA) is 61.2 Å². The molecule has 0 spiro atoms. The Labute approximate surface area is 92.2 Å². The van der Waals surface area contributed by atoms with Crippen molar-refractivity contribution >= 4 is 10.0 Å². The highest BCUT2D eigenvalue weighted by molar-refractivity contribution is 7.89. The average molecular weight is 230 g/mol. The molecule has 0 fully saturated rings. The van der Waals surface area contributed by atoms with Gasteiger partial charge in [-0.3, -0.25) is 0 Å². The number of hydrogen-bond donors (Lipinski definition) is 0. The molecule has 0 aromatic carbocycles. The summed E-state index contributed by atoms with van der Waals surface area (Å²) in [5.41, 5.74) is 0. The lowest BCUT2D eigenvalue weighted by atomic mass is 10.3. The van der Waals surface area contributed by atoms with Gasteiger partial charge in [-0.25, -0.2) is 12.7 Å². The molecular formula is C10H18N2O2S. The second-order valence-corrected chi connectivity index (χ2v) is 5.55. The van der Waals surface area contributed by atoms with Crippen molar-refractivity contribution in [2.45, 2.75) is 31.4 Å². The normalized spacial score (nSPS) is 13.5. The summed E-state index contributed by atoms with van der Waals surface area (Å²) in [6.45, 7) is 5.70. The standard InChI is InChI=1S/C10H18N2O2S/c1-4-6-7-8-12(3)15(13,14)10(5-2)9-11/h4,10H,1,5-8H2,2-3H3. The van der Waals surface area contributed by atoms with Crippen molar-refractivity contribution < 1.29 is 8.42 Å². The van der Waals surface area contributed by atoms with E-state index in [-0.39, 0.29) is 0 Å². The number of sulfonamides is 1. The fraction of sp³-hybridized carbons (Fsp3) is 0.700. The van der Waals surface area contributed by atoms with Gasteiger partial charge in [0.15, 0.2) is 5.25 Å². The van der Waals surface area contributed by atoms with Gasteiger partial charge in [0, 0.05) is 13.6 Å². The molecule has 0 aromatic rings. The fourth-order valence-electron chi connectivity index (χ4n) is 1.17. The van der Waals surface area contributed by atoms with Crippen LogP contribution >= 0.6 is 0 Å². The summed E-state index contributed by atoms with van der Waals surface area (Å²) in [6.07, 6.45) is 3.59. The lowest BCUT2D eigenvalue weighted by Crippen LogP contribution is -2.35. The van der Waals surface area contributed by atoms with Crippen LogP contribution < -0.4 is 0 Å². The lowest BCUT2D eigenvalue weighted by molar-refractivity contribution is 0.457. The minimum Gasteiger partial charge on any atom is -0.211 e. The van der Waals surface area contributed by atoms with Crippen LogP contribution in [0.15, 0.2) is 12.7 Å². The number of unbranched alkanes of at least 4 members (excludes halogenated alkanes) is 1. The Morgan fingerprint density at radius 3 is 2.60 bits per heavy atom. The second kappa shape index (κ2) is 6.59. The Hall–Kier alpha value is -0.860. The molecule has 0 aliphatic carbocycles. The van der Waals surface area contributed by atoms with Crippen molar-refractivity contribution in [1.29, 1.82) is 5.26 Å². The second-order valence-electron chi connectivity index (χ2n) is 3.32. The molecule has 15 heavy (non-hydrogen) atoms. The van der Waals surface area contributed by atoms with Crippen molar-refractivity contribution in [1.82, 2.24) is 4.31 Å². The molecule has 0 rings (SSSR count). The smallest absolute Gasteiger partial charge is 0.211 e. The van der Waals surface area contributed by atoms with Crippen LogP contribution in [0.2, 0.25) is 0 Å². The van der Waals surface area contributed by atoms with Crippen LogP contribution in [0.4, 0.5) is 0 Å². The van der Waals surface area contributed by atoms with E-state index in [1.54, 1.807) is 13.0 Å². The quantitative estimate of drug-likeness (QED) is 0.492. The average Bonchev–Trinajstić information content (AvgIpc) is 2.19. The maximum Gasteiger partial charge on any atom is 0.230 e. The molecule has 5 heteroatoms. The van der Waals surface area contributed by atoms with Crippen LogP contribution in [0.25, 0.3) is 0 Å². The van der Waals surface area contributed by atoms with Crippen molar-refractivity contribution in [2.24, 2.45) is 0 Å². The summed E-state index contributed by atoms with van der Waals surface area (Å²) in [5, 5.41) is 7.79. The molecule has 0 bridgehead atoms. The molecule has 0 saturated heterocycles. The van der Waals surface area contributed by atoms with Crippen molar-refractivity contribution in [2.75, 3.05) is 13.6 Å². The molecule has 0 saturated carbocycles. The number of allylic oxidation sites excluding steroid dienone is 1. The van der Waals surface area contributed by atoms with Crippen molar-refractivity contribution in [3.8, 4) is 6.07 Å². The summed E-state index contributed by atoms with van der Waals surface area (Å²) in [7, 11) is -1.93. The van der Waals surface area contributed by atoms with Gasteiger partial charge < -0.3 is 0 Å². The van der Waals surface area contributed by atoms with Crippen LogP contribution in [-0.2, 0) is 10.0 Å². The van der Waals surface area contributed by atoms with Gasteiger partial charge >= 0.3 is 0 Å². The maximum atomic E-state index is 11.8. The maximum absolute atomic E-state index is 11.8. The van der Waals surface area contributed by atoms with E-state index in [1.807, 2.05) is 6.07 Å². The molecule has 0 heterocycles. The van der Waals surface area contributed by atoms with Crippen LogP contribution in [0.3, 0.4) is 0 Å². The number of nitriles is 1. The monoisotopic (exact) mass is 230 g/mol. The van der Waals surface area contributed by atoms with E-state index in [2.05, 4.69) is 6.58 Å². The summed E-state index contributed by atoms with van der Waals surface area (Å²) >= 11 is 0. The highest BCUT2D eigenvalue weighted by Gasteiger charge is 2.27. The highest BCUT2D eigenvalue weighted by Crippen LogP contribution is 2.10. The Morgan fingerprint density at radius 2 is 2.20 bits per heavy atom. The van der Waals surface area contributed by atoms with Gasteiger partial charge in [-0.1, -0.05) is 13.0 Å².